The van der Waals surface area contributed by atoms with E-state index < -0.39 is 0 Å². The van der Waals surface area contributed by atoms with Crippen LogP contribution in [-0.2, 0) is 11.2 Å². The van der Waals surface area contributed by atoms with Gasteiger partial charge in [0.2, 0.25) is 0 Å². The van der Waals surface area contributed by atoms with E-state index in [0.717, 1.165) is 39.1 Å². The lowest BCUT2D eigenvalue weighted by molar-refractivity contribution is -0.133. The topological polar surface area (TPSA) is 73.3 Å². The molecule has 6 heteroatoms. The van der Waals surface area contributed by atoms with Crippen molar-refractivity contribution in [1.29, 1.82) is 0 Å². The van der Waals surface area contributed by atoms with Crippen molar-refractivity contribution >= 4 is 28.4 Å². The summed E-state index contributed by atoms with van der Waals surface area (Å²) in [6.07, 6.45) is 1.74. The number of carbonyl (C=O) groups excluding carboxylic acids is 1. The standard InChI is InChI=1S/C29H23N3O3/c1-34-27-18-22(13-15-26(27)35-28(33)16-20-8-4-2-5-9-20)21-12-14-25-24(17-21)29(31-19-30-25)32-23-10-6-3-7-11-23/h2-15,17-19H,16H2,1H3,(H,30,31,32). The van der Waals surface area contributed by atoms with E-state index in [9.17, 15) is 4.79 Å². The third-order valence-electron chi connectivity index (χ3n) is 5.58. The van der Waals surface area contributed by atoms with Crippen LogP contribution < -0.4 is 14.8 Å². The maximum absolute atomic E-state index is 12.4. The second-order valence-electron chi connectivity index (χ2n) is 7.95. The summed E-state index contributed by atoms with van der Waals surface area (Å²) in [7, 11) is 1.56. The summed E-state index contributed by atoms with van der Waals surface area (Å²) in [5, 5.41) is 4.26. The van der Waals surface area contributed by atoms with Crippen LogP contribution >= 0.6 is 0 Å². The van der Waals surface area contributed by atoms with Gasteiger partial charge in [0.05, 0.1) is 19.0 Å². The molecule has 0 spiro atoms. The van der Waals surface area contributed by atoms with Crippen LogP contribution in [0.1, 0.15) is 5.56 Å². The molecule has 0 fully saturated rings. The predicted octanol–water partition coefficient (Wildman–Crippen LogP) is 6.20. The molecular formula is C29H23N3O3. The maximum atomic E-state index is 12.4. The van der Waals surface area contributed by atoms with E-state index in [0.29, 0.717) is 11.5 Å². The first-order chi connectivity index (χ1) is 17.2. The molecule has 0 unspecified atom stereocenters. The first kappa shape index (κ1) is 22.1. The molecule has 0 aliphatic rings. The van der Waals surface area contributed by atoms with Gasteiger partial charge in [-0.2, -0.15) is 0 Å². The Hall–Kier alpha value is -4.71. The monoisotopic (exact) mass is 461 g/mol. The van der Waals surface area contributed by atoms with Gasteiger partial charge in [-0.15, -0.1) is 0 Å². The van der Waals surface area contributed by atoms with E-state index in [1.807, 2.05) is 91.0 Å². The molecule has 0 aliphatic carbocycles. The minimum atomic E-state index is -0.346. The van der Waals surface area contributed by atoms with Crippen LogP contribution in [0.25, 0.3) is 22.0 Å². The minimum Gasteiger partial charge on any atom is -0.493 e. The molecule has 0 saturated carbocycles. The molecule has 5 rings (SSSR count). The molecule has 5 aromatic rings. The Balaban J connectivity index is 1.42. The van der Waals surface area contributed by atoms with Gasteiger partial charge in [0.15, 0.2) is 11.5 Å². The molecule has 1 aromatic heterocycles. The lowest BCUT2D eigenvalue weighted by Crippen LogP contribution is -2.11. The third-order valence-corrected chi connectivity index (χ3v) is 5.58. The number of ether oxygens (including phenoxy) is 2. The smallest absolute Gasteiger partial charge is 0.315 e. The molecule has 0 saturated heterocycles. The van der Waals surface area contributed by atoms with Gasteiger partial charge in [0.1, 0.15) is 12.1 Å². The average Bonchev–Trinajstić information content (AvgIpc) is 2.90. The number of methoxy groups -OCH3 is 1. The molecule has 35 heavy (non-hydrogen) atoms. The van der Waals surface area contributed by atoms with Gasteiger partial charge in [0, 0.05) is 11.1 Å². The van der Waals surface area contributed by atoms with Crippen molar-refractivity contribution in [2.45, 2.75) is 6.42 Å². The van der Waals surface area contributed by atoms with Crippen LogP contribution in [-0.4, -0.2) is 23.0 Å². The number of fused-ring (bicyclic) bond motifs is 1. The molecule has 4 aromatic carbocycles. The van der Waals surface area contributed by atoms with Crippen molar-refractivity contribution in [3.63, 3.8) is 0 Å². The minimum absolute atomic E-state index is 0.188. The summed E-state index contributed by atoms with van der Waals surface area (Å²) in [6, 6.07) is 30.9. The molecule has 172 valence electrons. The van der Waals surface area contributed by atoms with Crippen molar-refractivity contribution in [3.8, 4) is 22.6 Å². The van der Waals surface area contributed by atoms with E-state index in [4.69, 9.17) is 9.47 Å². The van der Waals surface area contributed by atoms with E-state index >= 15 is 0 Å². The number of esters is 1. The fourth-order valence-electron chi connectivity index (χ4n) is 3.85. The molecule has 1 heterocycles. The molecule has 0 radical (unpaired) electrons. The number of anilines is 2. The highest BCUT2D eigenvalue weighted by atomic mass is 16.6. The zero-order valence-electron chi connectivity index (χ0n) is 19.1. The van der Waals surface area contributed by atoms with Crippen molar-refractivity contribution in [3.05, 3.63) is 109 Å². The Kier molecular flexibility index (Phi) is 6.35. The van der Waals surface area contributed by atoms with E-state index in [-0.39, 0.29) is 12.4 Å². The van der Waals surface area contributed by atoms with Gasteiger partial charge in [-0.3, -0.25) is 4.79 Å². The van der Waals surface area contributed by atoms with Crippen molar-refractivity contribution in [2.75, 3.05) is 12.4 Å². The fraction of sp³-hybridized carbons (Fsp3) is 0.0690. The van der Waals surface area contributed by atoms with E-state index in [1.54, 1.807) is 19.5 Å². The second kappa shape index (κ2) is 10.1. The van der Waals surface area contributed by atoms with Crippen molar-refractivity contribution in [2.24, 2.45) is 0 Å². The zero-order valence-corrected chi connectivity index (χ0v) is 19.1. The highest BCUT2D eigenvalue weighted by Crippen LogP contribution is 2.35. The quantitative estimate of drug-likeness (QED) is 0.230. The predicted molar refractivity (Wildman–Crippen MR) is 137 cm³/mol. The maximum Gasteiger partial charge on any atom is 0.315 e. The van der Waals surface area contributed by atoms with Crippen LogP contribution in [0.3, 0.4) is 0 Å². The number of nitrogens with one attached hydrogen (secondary N) is 1. The summed E-state index contributed by atoms with van der Waals surface area (Å²) in [5.74, 6) is 1.24. The van der Waals surface area contributed by atoms with Gasteiger partial charge in [-0.05, 0) is 53.1 Å². The number of nitrogens with zero attached hydrogens (tertiary/aromatic N) is 2. The first-order valence-electron chi connectivity index (χ1n) is 11.2. The van der Waals surface area contributed by atoms with E-state index in [1.165, 1.54) is 0 Å². The summed E-state index contributed by atoms with van der Waals surface area (Å²) >= 11 is 0. The van der Waals surface area contributed by atoms with E-state index in [2.05, 4.69) is 15.3 Å². The summed E-state index contributed by atoms with van der Waals surface area (Å²) in [5.41, 5.74) is 4.55. The molecule has 0 atom stereocenters. The van der Waals surface area contributed by atoms with Crippen LogP contribution in [0.5, 0.6) is 11.5 Å². The number of benzene rings is 4. The Labute approximate surface area is 203 Å². The lowest BCUT2D eigenvalue weighted by Gasteiger charge is -2.13. The number of para-hydroxylation sites is 1. The van der Waals surface area contributed by atoms with Crippen molar-refractivity contribution < 1.29 is 14.3 Å². The van der Waals surface area contributed by atoms with Gasteiger partial charge in [0.25, 0.3) is 0 Å². The van der Waals surface area contributed by atoms with Gasteiger partial charge in [-0.25, -0.2) is 9.97 Å². The van der Waals surface area contributed by atoms with Gasteiger partial charge >= 0.3 is 5.97 Å². The highest BCUT2D eigenvalue weighted by molar-refractivity contribution is 5.94. The zero-order chi connectivity index (χ0) is 24.0. The molecule has 0 bridgehead atoms. The largest absolute Gasteiger partial charge is 0.493 e. The normalized spacial score (nSPS) is 10.7. The number of carbonyl (C=O) groups is 1. The lowest BCUT2D eigenvalue weighted by atomic mass is 10.0. The number of rotatable bonds is 7. The highest BCUT2D eigenvalue weighted by Gasteiger charge is 2.13. The molecular weight excluding hydrogens is 438 g/mol. The Morgan fingerprint density at radius 1 is 0.800 bits per heavy atom. The molecule has 6 nitrogen and oxygen atoms in total. The van der Waals surface area contributed by atoms with Gasteiger partial charge < -0.3 is 14.8 Å². The van der Waals surface area contributed by atoms with Crippen LogP contribution in [0.2, 0.25) is 0 Å². The van der Waals surface area contributed by atoms with Crippen molar-refractivity contribution in [1.82, 2.24) is 9.97 Å². The SMILES string of the molecule is COc1cc(-c2ccc3ncnc(Nc4ccccc4)c3c2)ccc1OC(=O)Cc1ccccc1. The third kappa shape index (κ3) is 5.12. The van der Waals surface area contributed by atoms with Crippen LogP contribution in [0.4, 0.5) is 11.5 Å². The summed E-state index contributed by atoms with van der Waals surface area (Å²) in [6.45, 7) is 0. The first-order valence-corrected chi connectivity index (χ1v) is 11.2. The number of hydrogen-bond donors (Lipinski definition) is 1. The molecule has 1 N–H and O–H groups in total. The number of hydrogen-bond acceptors (Lipinski definition) is 6. The summed E-state index contributed by atoms with van der Waals surface area (Å²) in [4.78, 5) is 21.3. The Bertz CT molecular complexity index is 1470. The van der Waals surface area contributed by atoms with Crippen LogP contribution in [0, 0.1) is 0 Å². The Morgan fingerprint density at radius 2 is 1.51 bits per heavy atom. The van der Waals surface area contributed by atoms with Crippen LogP contribution in [0.15, 0.2) is 103 Å². The average molecular weight is 462 g/mol. The molecule has 0 aliphatic heterocycles. The second-order valence-corrected chi connectivity index (χ2v) is 7.95. The summed E-state index contributed by atoms with van der Waals surface area (Å²) < 4.78 is 11.1. The Morgan fingerprint density at radius 3 is 2.29 bits per heavy atom. The fourth-order valence-corrected chi connectivity index (χ4v) is 3.85. The van der Waals surface area contributed by atoms with Gasteiger partial charge in [-0.1, -0.05) is 60.7 Å². The molecule has 0 amide bonds. The number of aromatic nitrogens is 2.